The predicted molar refractivity (Wildman–Crippen MR) is 123 cm³/mol. The molecule has 0 bridgehead atoms. The maximum Gasteiger partial charge on any atom is 0.303 e. The van der Waals surface area contributed by atoms with E-state index in [1.54, 1.807) is 17.0 Å². The van der Waals surface area contributed by atoms with Crippen LogP contribution in [0.4, 0.5) is 5.69 Å². The van der Waals surface area contributed by atoms with Crippen LogP contribution in [0.1, 0.15) is 19.3 Å². The topological polar surface area (TPSA) is 113 Å². The van der Waals surface area contributed by atoms with Crippen LogP contribution >= 0.6 is 11.8 Å². The quantitative estimate of drug-likeness (QED) is 0.650. The summed E-state index contributed by atoms with van der Waals surface area (Å²) in [7, 11) is -3.16. The first kappa shape index (κ1) is 22.3. The lowest BCUT2D eigenvalue weighted by Crippen LogP contribution is -2.37. The van der Waals surface area contributed by atoms with Crippen molar-refractivity contribution in [2.45, 2.75) is 30.6 Å². The number of aliphatic carboxylic acids is 1. The lowest BCUT2D eigenvalue weighted by atomic mass is 10.2. The van der Waals surface area contributed by atoms with Crippen molar-refractivity contribution in [2.75, 3.05) is 16.4 Å². The third-order valence-electron chi connectivity index (χ3n) is 5.16. The zero-order chi connectivity index (χ0) is 22.7. The Bertz CT molecular complexity index is 1130. The maximum atomic E-state index is 12.3. The normalized spacial score (nSPS) is 22.6. The number of anilines is 1. The van der Waals surface area contributed by atoms with Crippen molar-refractivity contribution in [2.24, 2.45) is 4.99 Å². The molecule has 10 heteroatoms. The third-order valence-corrected chi connectivity index (χ3v) is 8.37. The van der Waals surface area contributed by atoms with Crippen LogP contribution in [0.25, 0.3) is 0 Å². The highest BCUT2D eigenvalue weighted by Crippen LogP contribution is 2.41. The van der Waals surface area contributed by atoms with Gasteiger partial charge in [0.1, 0.15) is 11.5 Å². The second-order valence-electron chi connectivity index (χ2n) is 7.61. The summed E-state index contributed by atoms with van der Waals surface area (Å²) in [6.07, 6.45) is 0.143. The lowest BCUT2D eigenvalue weighted by Gasteiger charge is -2.24. The number of amidine groups is 1. The van der Waals surface area contributed by atoms with Gasteiger partial charge in [0, 0.05) is 23.8 Å². The van der Waals surface area contributed by atoms with Crippen LogP contribution in [-0.2, 0) is 19.4 Å². The maximum absolute atomic E-state index is 12.3. The summed E-state index contributed by atoms with van der Waals surface area (Å²) in [4.78, 5) is 29.0. The average molecular weight is 475 g/mol. The Balaban J connectivity index is 1.55. The van der Waals surface area contributed by atoms with Crippen LogP contribution < -0.4 is 9.64 Å². The highest BCUT2D eigenvalue weighted by atomic mass is 32.2. The Morgan fingerprint density at radius 1 is 1.03 bits per heavy atom. The SMILES string of the molecule is O=C(O)CCCC(=O)N=C1SC2CS(=O)(=O)CC2N1c1ccc(Oc2ccccc2)cc1. The zero-order valence-electron chi connectivity index (χ0n) is 17.1. The molecule has 168 valence electrons. The average Bonchev–Trinajstić information content (AvgIpc) is 3.20. The van der Waals surface area contributed by atoms with Crippen molar-refractivity contribution in [1.82, 2.24) is 0 Å². The van der Waals surface area contributed by atoms with Crippen molar-refractivity contribution >= 4 is 44.3 Å². The highest BCUT2D eigenvalue weighted by molar-refractivity contribution is 8.16. The van der Waals surface area contributed by atoms with E-state index in [-0.39, 0.29) is 42.1 Å². The minimum atomic E-state index is -3.16. The van der Waals surface area contributed by atoms with Crippen molar-refractivity contribution in [3.8, 4) is 11.5 Å². The van der Waals surface area contributed by atoms with Gasteiger partial charge in [-0.25, -0.2) is 8.42 Å². The molecule has 2 aliphatic rings. The summed E-state index contributed by atoms with van der Waals surface area (Å²) < 4.78 is 30.2. The molecule has 0 saturated carbocycles. The number of para-hydroxylation sites is 1. The van der Waals surface area contributed by atoms with Gasteiger partial charge in [-0.15, -0.1) is 0 Å². The molecule has 2 heterocycles. The molecule has 0 radical (unpaired) electrons. The molecule has 0 aromatic heterocycles. The summed E-state index contributed by atoms with van der Waals surface area (Å²) >= 11 is 1.29. The van der Waals surface area contributed by atoms with Gasteiger partial charge in [-0.2, -0.15) is 4.99 Å². The molecule has 2 fully saturated rings. The van der Waals surface area contributed by atoms with Crippen LogP contribution in [0.2, 0.25) is 0 Å². The Morgan fingerprint density at radius 3 is 2.41 bits per heavy atom. The number of thioether (sulfide) groups is 1. The van der Waals surface area contributed by atoms with E-state index < -0.39 is 21.7 Å². The largest absolute Gasteiger partial charge is 0.481 e. The number of benzene rings is 2. The molecule has 32 heavy (non-hydrogen) atoms. The third kappa shape index (κ3) is 5.31. The monoisotopic (exact) mass is 474 g/mol. The smallest absolute Gasteiger partial charge is 0.303 e. The van der Waals surface area contributed by atoms with Gasteiger partial charge in [-0.3, -0.25) is 9.59 Å². The molecular weight excluding hydrogens is 452 g/mol. The lowest BCUT2D eigenvalue weighted by molar-refractivity contribution is -0.137. The van der Waals surface area contributed by atoms with Crippen LogP contribution in [0, 0.1) is 0 Å². The highest BCUT2D eigenvalue weighted by Gasteiger charge is 2.49. The molecule has 2 aromatic carbocycles. The van der Waals surface area contributed by atoms with E-state index in [1.807, 2.05) is 42.5 Å². The Kier molecular flexibility index (Phi) is 6.52. The second kappa shape index (κ2) is 9.33. The number of aliphatic imine (C=N–C) groups is 1. The number of fused-ring (bicyclic) bond motifs is 1. The number of amides is 1. The number of rotatable bonds is 7. The van der Waals surface area contributed by atoms with E-state index in [0.717, 1.165) is 5.69 Å². The molecule has 2 aromatic rings. The van der Waals surface area contributed by atoms with Crippen LogP contribution in [0.3, 0.4) is 0 Å². The second-order valence-corrected chi connectivity index (χ2v) is 11.0. The number of carbonyl (C=O) groups is 2. The van der Waals surface area contributed by atoms with Gasteiger partial charge in [-0.1, -0.05) is 30.0 Å². The fourth-order valence-corrected chi connectivity index (χ4v) is 7.65. The molecule has 1 N–H and O–H groups in total. The van der Waals surface area contributed by atoms with E-state index in [4.69, 9.17) is 9.84 Å². The molecular formula is C22H22N2O6S2. The number of hydrogen-bond donors (Lipinski definition) is 1. The summed E-state index contributed by atoms with van der Waals surface area (Å²) in [5.74, 6) is 0.00336. The number of carbonyl (C=O) groups excluding carboxylic acids is 1. The first-order chi connectivity index (χ1) is 15.3. The molecule has 2 aliphatic heterocycles. The predicted octanol–water partition coefficient (Wildman–Crippen LogP) is 3.34. The zero-order valence-corrected chi connectivity index (χ0v) is 18.7. The summed E-state index contributed by atoms with van der Waals surface area (Å²) in [6, 6.07) is 16.2. The van der Waals surface area contributed by atoms with Gasteiger partial charge in [0.2, 0.25) is 5.91 Å². The van der Waals surface area contributed by atoms with Gasteiger partial charge >= 0.3 is 5.97 Å². The molecule has 1 amide bonds. The molecule has 2 atom stereocenters. The number of nitrogens with zero attached hydrogens (tertiary/aromatic N) is 2. The molecule has 2 unspecified atom stereocenters. The summed E-state index contributed by atoms with van der Waals surface area (Å²) in [5, 5.41) is 9.00. The van der Waals surface area contributed by atoms with E-state index in [9.17, 15) is 18.0 Å². The Hall–Kier alpha value is -2.85. The first-order valence-corrected chi connectivity index (χ1v) is 12.8. The van der Waals surface area contributed by atoms with Crippen LogP contribution in [0.15, 0.2) is 59.6 Å². The summed E-state index contributed by atoms with van der Waals surface area (Å²) in [6.45, 7) is 0. The molecule has 4 rings (SSSR count). The fourth-order valence-electron chi connectivity index (χ4n) is 3.72. The van der Waals surface area contributed by atoms with Gasteiger partial charge in [0.15, 0.2) is 15.0 Å². The van der Waals surface area contributed by atoms with Gasteiger partial charge in [-0.05, 0) is 42.8 Å². The van der Waals surface area contributed by atoms with Crippen LogP contribution in [-0.4, -0.2) is 53.4 Å². The van der Waals surface area contributed by atoms with Crippen LogP contribution in [0.5, 0.6) is 11.5 Å². The Labute approximate surface area is 190 Å². The van der Waals surface area contributed by atoms with E-state index in [1.165, 1.54) is 11.8 Å². The minimum Gasteiger partial charge on any atom is -0.481 e. The van der Waals surface area contributed by atoms with Gasteiger partial charge in [0.25, 0.3) is 0 Å². The number of sulfone groups is 1. The Morgan fingerprint density at radius 2 is 1.72 bits per heavy atom. The van der Waals surface area contributed by atoms with E-state index in [0.29, 0.717) is 16.7 Å². The number of carboxylic acid groups (broad SMARTS) is 1. The number of hydrogen-bond acceptors (Lipinski definition) is 6. The van der Waals surface area contributed by atoms with Crippen molar-refractivity contribution < 1.29 is 27.9 Å². The molecule has 8 nitrogen and oxygen atoms in total. The van der Waals surface area contributed by atoms with Gasteiger partial charge in [0.05, 0.1) is 17.5 Å². The minimum absolute atomic E-state index is 0.000835. The number of carboxylic acids is 1. The van der Waals surface area contributed by atoms with Crippen molar-refractivity contribution in [1.29, 1.82) is 0 Å². The molecule has 0 spiro atoms. The van der Waals surface area contributed by atoms with Gasteiger partial charge < -0.3 is 14.7 Å². The summed E-state index contributed by atoms with van der Waals surface area (Å²) in [5.41, 5.74) is 0.722. The van der Waals surface area contributed by atoms with Crippen molar-refractivity contribution in [3.05, 3.63) is 54.6 Å². The molecule has 0 aliphatic carbocycles. The number of ether oxygens (including phenoxy) is 1. The fraction of sp³-hybridized carbons (Fsp3) is 0.318. The standard InChI is InChI=1S/C22H22N2O6S2/c25-20(7-4-8-21(26)27)23-22-24(18-13-32(28,29)14-19(18)31-22)15-9-11-17(12-10-15)30-16-5-2-1-3-6-16/h1-3,5-6,9-12,18-19H,4,7-8,13-14H2,(H,26,27). The van der Waals surface area contributed by atoms with E-state index >= 15 is 0 Å². The first-order valence-electron chi connectivity index (χ1n) is 10.1. The van der Waals surface area contributed by atoms with Crippen molar-refractivity contribution in [3.63, 3.8) is 0 Å². The van der Waals surface area contributed by atoms with E-state index in [2.05, 4.69) is 4.99 Å². The molecule has 2 saturated heterocycles.